The summed E-state index contributed by atoms with van der Waals surface area (Å²) in [6, 6.07) is 0. The summed E-state index contributed by atoms with van der Waals surface area (Å²) in [5, 5.41) is 16.7. The van der Waals surface area contributed by atoms with E-state index in [1.54, 1.807) is 0 Å². The number of hydrogen-bond donors (Lipinski definition) is 2. The van der Waals surface area contributed by atoms with Crippen LogP contribution >= 0.6 is 0 Å². The van der Waals surface area contributed by atoms with E-state index < -0.39 is 17.6 Å². The van der Waals surface area contributed by atoms with Gasteiger partial charge in [-0.15, -0.1) is 0 Å². The van der Waals surface area contributed by atoms with Crippen LogP contribution in [0.3, 0.4) is 0 Å². The van der Waals surface area contributed by atoms with Gasteiger partial charge in [-0.2, -0.15) is 0 Å². The van der Waals surface area contributed by atoms with Gasteiger partial charge in [0.05, 0.1) is 6.54 Å². The summed E-state index contributed by atoms with van der Waals surface area (Å²) in [6.07, 6.45) is -1.18. The van der Waals surface area contributed by atoms with Crippen LogP contribution in [0.1, 0.15) is 6.92 Å². The first-order valence-electron chi connectivity index (χ1n) is 2.72. The third kappa shape index (κ3) is 0.706. The van der Waals surface area contributed by atoms with Gasteiger partial charge >= 0.3 is 12.1 Å². The lowest BCUT2D eigenvalue weighted by molar-refractivity contribution is -0.140. The zero-order chi connectivity index (χ0) is 7.94. The van der Waals surface area contributed by atoms with Gasteiger partial charge in [0, 0.05) is 0 Å². The topological polar surface area (TPSA) is 77.6 Å². The monoisotopic (exact) mass is 145 g/mol. The summed E-state index contributed by atoms with van der Waals surface area (Å²) in [4.78, 5) is 21.3. The van der Waals surface area contributed by atoms with Crippen LogP contribution in [0.4, 0.5) is 4.79 Å². The lowest BCUT2D eigenvalue weighted by Crippen LogP contribution is -2.27. The molecule has 1 saturated heterocycles. The Labute approximate surface area is 56.9 Å². The normalized spacial score (nSPS) is 29.9. The van der Waals surface area contributed by atoms with Gasteiger partial charge in [-0.3, -0.25) is 4.90 Å². The van der Waals surface area contributed by atoms with Gasteiger partial charge in [0.2, 0.25) is 0 Å². The van der Waals surface area contributed by atoms with E-state index in [1.165, 1.54) is 6.92 Å². The van der Waals surface area contributed by atoms with Crippen molar-refractivity contribution in [1.29, 1.82) is 0 Å². The molecule has 10 heavy (non-hydrogen) atoms. The van der Waals surface area contributed by atoms with Gasteiger partial charge in [-0.05, 0) is 6.92 Å². The minimum Gasteiger partial charge on any atom is -0.479 e. The highest BCUT2D eigenvalue weighted by molar-refractivity contribution is 5.89. The van der Waals surface area contributed by atoms with E-state index >= 15 is 0 Å². The van der Waals surface area contributed by atoms with Crippen molar-refractivity contribution in [3.8, 4) is 0 Å². The third-order valence-electron chi connectivity index (χ3n) is 1.65. The molecule has 1 fully saturated rings. The Kier molecular flexibility index (Phi) is 1.11. The van der Waals surface area contributed by atoms with Crippen molar-refractivity contribution in [1.82, 2.24) is 4.90 Å². The number of aliphatic carboxylic acids is 1. The first-order chi connectivity index (χ1) is 4.48. The second-order valence-electron chi connectivity index (χ2n) is 2.45. The maximum absolute atomic E-state index is 10.3. The summed E-state index contributed by atoms with van der Waals surface area (Å²) < 4.78 is 0. The molecule has 5 heteroatoms. The molecule has 0 aromatic heterocycles. The molecule has 0 unspecified atom stereocenters. The van der Waals surface area contributed by atoms with E-state index in [9.17, 15) is 9.59 Å². The van der Waals surface area contributed by atoms with Crippen LogP contribution in [-0.4, -0.2) is 39.3 Å². The van der Waals surface area contributed by atoms with Crippen LogP contribution in [-0.2, 0) is 4.79 Å². The van der Waals surface area contributed by atoms with Gasteiger partial charge in [-0.1, -0.05) is 0 Å². The Morgan fingerprint density at radius 1 is 1.50 bits per heavy atom. The average Bonchev–Trinajstić information content (AvgIpc) is 2.43. The lowest BCUT2D eigenvalue weighted by atomic mass is 10.2. The molecule has 0 aromatic carbocycles. The van der Waals surface area contributed by atoms with E-state index in [-0.39, 0.29) is 6.54 Å². The van der Waals surface area contributed by atoms with Crippen molar-refractivity contribution in [2.45, 2.75) is 12.5 Å². The van der Waals surface area contributed by atoms with E-state index in [0.717, 1.165) is 4.90 Å². The zero-order valence-electron chi connectivity index (χ0n) is 5.37. The minimum absolute atomic E-state index is 0.0949. The zero-order valence-corrected chi connectivity index (χ0v) is 5.37. The number of hydrogen-bond acceptors (Lipinski definition) is 2. The molecular formula is C5H7NO4. The molecule has 1 rings (SSSR count). The van der Waals surface area contributed by atoms with Crippen molar-refractivity contribution >= 4 is 12.1 Å². The Hall–Kier alpha value is -1.26. The molecule has 0 saturated carbocycles. The molecule has 1 atom stereocenters. The van der Waals surface area contributed by atoms with Crippen LogP contribution in [0.25, 0.3) is 0 Å². The number of carboxylic acid groups (broad SMARTS) is 2. The van der Waals surface area contributed by atoms with Gasteiger partial charge in [0.25, 0.3) is 0 Å². The highest BCUT2D eigenvalue weighted by atomic mass is 16.4. The number of amides is 1. The van der Waals surface area contributed by atoms with Crippen LogP contribution in [0.2, 0.25) is 0 Å². The highest BCUT2D eigenvalue weighted by Crippen LogP contribution is 2.31. The van der Waals surface area contributed by atoms with Crippen molar-refractivity contribution in [2.75, 3.05) is 6.54 Å². The molecule has 56 valence electrons. The number of rotatable bonds is 1. The number of nitrogens with zero attached hydrogens (tertiary/aromatic N) is 1. The molecule has 1 aliphatic heterocycles. The third-order valence-corrected chi connectivity index (χ3v) is 1.65. The maximum Gasteiger partial charge on any atom is 0.408 e. The van der Waals surface area contributed by atoms with Crippen LogP contribution < -0.4 is 0 Å². The Morgan fingerprint density at radius 3 is 2.10 bits per heavy atom. The number of carbonyl (C=O) groups is 2. The van der Waals surface area contributed by atoms with Crippen LogP contribution in [0, 0.1) is 0 Å². The Bertz CT molecular complexity index is 202. The second kappa shape index (κ2) is 1.62. The highest BCUT2D eigenvalue weighted by Gasteiger charge is 2.57. The predicted molar refractivity (Wildman–Crippen MR) is 30.8 cm³/mol. The molecule has 0 aliphatic carbocycles. The molecule has 5 nitrogen and oxygen atoms in total. The largest absolute Gasteiger partial charge is 0.479 e. The fourth-order valence-electron chi connectivity index (χ4n) is 0.734. The molecule has 1 heterocycles. The summed E-state index contributed by atoms with van der Waals surface area (Å²) in [5.41, 5.74) is -1.16. The molecular weight excluding hydrogens is 138 g/mol. The molecule has 1 amide bonds. The standard InChI is InChI=1S/C5H7NO4/c1-5(3(7)8)2-6(5)4(9)10/h2H2,1H3,(H,7,8)(H,9,10)/t5-,6?/m1/s1. The van der Waals surface area contributed by atoms with Gasteiger partial charge in [0.1, 0.15) is 0 Å². The SMILES string of the molecule is C[C@]1(C(=O)O)CN1C(=O)O. The van der Waals surface area contributed by atoms with Crippen molar-refractivity contribution in [2.24, 2.45) is 0 Å². The first kappa shape index (κ1) is 6.85. The summed E-state index contributed by atoms with van der Waals surface area (Å²) >= 11 is 0. The van der Waals surface area contributed by atoms with Crippen molar-refractivity contribution in [3.63, 3.8) is 0 Å². The number of carboxylic acids is 1. The van der Waals surface area contributed by atoms with Crippen molar-refractivity contribution < 1.29 is 19.8 Å². The maximum atomic E-state index is 10.3. The van der Waals surface area contributed by atoms with Crippen LogP contribution in [0.5, 0.6) is 0 Å². The van der Waals surface area contributed by atoms with Crippen molar-refractivity contribution in [3.05, 3.63) is 0 Å². The minimum atomic E-state index is -1.18. The van der Waals surface area contributed by atoms with E-state index in [2.05, 4.69) is 0 Å². The first-order valence-corrected chi connectivity index (χ1v) is 2.72. The lowest BCUT2D eigenvalue weighted by Gasteiger charge is -2.01. The van der Waals surface area contributed by atoms with Crippen LogP contribution in [0.15, 0.2) is 0 Å². The summed E-state index contributed by atoms with van der Waals surface area (Å²) in [6.45, 7) is 1.47. The summed E-state index contributed by atoms with van der Waals surface area (Å²) in [5.74, 6) is -1.09. The van der Waals surface area contributed by atoms with Gasteiger partial charge in [0.15, 0.2) is 5.54 Å². The predicted octanol–water partition coefficient (Wildman–Crippen LogP) is -0.177. The molecule has 0 spiro atoms. The average molecular weight is 145 g/mol. The van der Waals surface area contributed by atoms with E-state index in [4.69, 9.17) is 10.2 Å². The van der Waals surface area contributed by atoms with Gasteiger partial charge in [-0.25, -0.2) is 9.59 Å². The van der Waals surface area contributed by atoms with Gasteiger partial charge < -0.3 is 10.2 Å². The molecule has 0 aromatic rings. The fraction of sp³-hybridized carbons (Fsp3) is 0.600. The second-order valence-corrected chi connectivity index (χ2v) is 2.45. The smallest absolute Gasteiger partial charge is 0.408 e. The summed E-state index contributed by atoms with van der Waals surface area (Å²) in [7, 11) is 0. The van der Waals surface area contributed by atoms with E-state index in [1.807, 2.05) is 0 Å². The van der Waals surface area contributed by atoms with E-state index in [0.29, 0.717) is 0 Å². The fourth-order valence-corrected chi connectivity index (χ4v) is 0.734. The Balaban J connectivity index is 2.65. The quantitative estimate of drug-likeness (QED) is 0.502. The molecule has 1 aliphatic rings. The molecule has 0 radical (unpaired) electrons. The molecule has 2 N–H and O–H groups in total. The Morgan fingerprint density at radius 2 is 2.00 bits per heavy atom. The molecule has 0 bridgehead atoms.